The van der Waals surface area contributed by atoms with E-state index in [1.165, 1.54) is 0 Å². The molecule has 0 aliphatic rings. The summed E-state index contributed by atoms with van der Waals surface area (Å²) in [5.74, 6) is 0. The number of halogens is 3. The van der Waals surface area contributed by atoms with Crippen LogP contribution in [0.4, 0.5) is 12.6 Å². The van der Waals surface area contributed by atoms with E-state index < -0.39 is 8.85 Å². The lowest BCUT2D eigenvalue weighted by Crippen LogP contribution is -1.10. The molecule has 0 unspecified atom stereocenters. The van der Waals surface area contributed by atoms with Crippen molar-refractivity contribution in [3.63, 3.8) is 0 Å². The highest BCUT2D eigenvalue weighted by Crippen LogP contribution is 2.39. The minimum atomic E-state index is -4.12. The molecule has 5 heteroatoms. The molecule has 0 nitrogen and oxygen atoms in total. The van der Waals surface area contributed by atoms with E-state index in [9.17, 15) is 12.6 Å². The molecule has 34 valence electrons. The second-order valence-electron chi connectivity index (χ2n) is 0.192. The van der Waals surface area contributed by atoms with Gasteiger partial charge in [0.05, 0.1) is 0 Å². The number of hydrogen-bond acceptors (Lipinski definition) is 0. The minimum absolute atomic E-state index is 0. The topological polar surface area (TPSA) is 0 Å². The van der Waals surface area contributed by atoms with Gasteiger partial charge in [0.15, 0.2) is 0 Å². The predicted octanol–water partition coefficient (Wildman–Crippen LogP) is 2.23. The molecule has 0 saturated carbocycles. The quantitative estimate of drug-likeness (QED) is 0.432. The lowest BCUT2D eigenvalue weighted by Gasteiger charge is -1.61. The van der Waals surface area contributed by atoms with Gasteiger partial charge in [0, 0.05) is 0 Å². The fourth-order valence-electron chi connectivity index (χ4n) is 0. The van der Waals surface area contributed by atoms with Gasteiger partial charge >= 0.3 is 8.85 Å². The van der Waals surface area contributed by atoms with Crippen LogP contribution in [-0.4, -0.2) is 0 Å². The van der Waals surface area contributed by atoms with Crippen molar-refractivity contribution in [1.82, 2.24) is 0 Å². The zero-order chi connectivity index (χ0) is 3.58. The Labute approximate surface area is 35.9 Å². The molecular weight excluding hydrogens is 120 g/mol. The van der Waals surface area contributed by atoms with E-state index >= 15 is 0 Å². The average molecular weight is 122 g/mol. The second-order valence-corrected chi connectivity index (χ2v) is 0.575. The molecule has 0 aliphatic heterocycles. The summed E-state index contributed by atoms with van der Waals surface area (Å²) >= 11 is 0. The first-order chi connectivity index (χ1) is 1.73. The van der Waals surface area contributed by atoms with E-state index in [1.807, 2.05) is 0 Å². The Kier molecular flexibility index (Phi) is 8.34. The Morgan fingerprint density at radius 2 is 1.00 bits per heavy atom. The Bertz CT molecular complexity index is 11.6. The molecule has 0 amide bonds. The van der Waals surface area contributed by atoms with E-state index in [0.29, 0.717) is 0 Å². The van der Waals surface area contributed by atoms with Crippen LogP contribution in [0.2, 0.25) is 0 Å². The van der Waals surface area contributed by atoms with Crippen LogP contribution in [0, 0.1) is 0 Å². The standard InChI is InChI=1S/F3P.H2S/c1-4(2)3;/h;1H2. The molecule has 0 aromatic rings. The fourth-order valence-corrected chi connectivity index (χ4v) is 0. The highest BCUT2D eigenvalue weighted by Gasteiger charge is 1.91. The summed E-state index contributed by atoms with van der Waals surface area (Å²) in [5, 5.41) is 0. The van der Waals surface area contributed by atoms with Crippen LogP contribution < -0.4 is 0 Å². The van der Waals surface area contributed by atoms with Gasteiger partial charge in [0.2, 0.25) is 0 Å². The summed E-state index contributed by atoms with van der Waals surface area (Å²) in [7, 11) is -4.12. The lowest BCUT2D eigenvalue weighted by atomic mass is 18.8. The van der Waals surface area contributed by atoms with Gasteiger partial charge in [-0.2, -0.15) is 26.1 Å². The van der Waals surface area contributed by atoms with E-state index in [-0.39, 0.29) is 13.5 Å². The smallest absolute Gasteiger partial charge is 0.197 e. The molecule has 0 fully saturated rings. The summed E-state index contributed by atoms with van der Waals surface area (Å²) in [6, 6.07) is 0. The zero-order valence-electron chi connectivity index (χ0n) is 2.08. The van der Waals surface area contributed by atoms with Gasteiger partial charge in [-0.25, -0.2) is 0 Å². The van der Waals surface area contributed by atoms with Crippen molar-refractivity contribution in [2.24, 2.45) is 0 Å². The first kappa shape index (κ1) is 9.13. The van der Waals surface area contributed by atoms with Gasteiger partial charge in [0.25, 0.3) is 0 Å². The van der Waals surface area contributed by atoms with E-state index in [1.54, 1.807) is 0 Å². The van der Waals surface area contributed by atoms with E-state index in [4.69, 9.17) is 0 Å². The zero-order valence-corrected chi connectivity index (χ0v) is 3.98. The molecule has 0 atom stereocenters. The molecule has 0 aliphatic carbocycles. The van der Waals surface area contributed by atoms with Gasteiger partial charge in [0.1, 0.15) is 0 Å². The molecule has 0 spiro atoms. The summed E-state index contributed by atoms with van der Waals surface area (Å²) in [6.07, 6.45) is 0. The molecule has 0 saturated heterocycles. The van der Waals surface area contributed by atoms with Crippen molar-refractivity contribution < 1.29 is 12.6 Å². The molecule has 0 N–H and O–H groups in total. The van der Waals surface area contributed by atoms with Crippen LogP contribution in [0.25, 0.3) is 0 Å². The van der Waals surface area contributed by atoms with Gasteiger partial charge in [-0.05, 0) is 0 Å². The first-order valence-electron chi connectivity index (χ1n) is 0.507. The number of rotatable bonds is 0. The second kappa shape index (κ2) is 4.57. The lowest BCUT2D eigenvalue weighted by molar-refractivity contribution is 0.633. The van der Waals surface area contributed by atoms with Crippen LogP contribution in [0.15, 0.2) is 0 Å². The molecule has 0 radical (unpaired) electrons. The summed E-state index contributed by atoms with van der Waals surface area (Å²) in [4.78, 5) is 0. The molecule has 0 aromatic carbocycles. The molecule has 0 bridgehead atoms. The fraction of sp³-hybridized carbons (Fsp3) is 0. The normalized spacial score (nSPS) is 7.20. The SMILES string of the molecule is FP(F)F.S. The van der Waals surface area contributed by atoms with Gasteiger partial charge < -0.3 is 0 Å². The monoisotopic (exact) mass is 122 g/mol. The Hall–Kier alpha value is 0.570. The maximum atomic E-state index is 9.73. The molecule has 0 heterocycles. The van der Waals surface area contributed by atoms with Crippen LogP contribution in [0.5, 0.6) is 0 Å². The molecule has 0 rings (SSSR count). The summed E-state index contributed by atoms with van der Waals surface area (Å²) < 4.78 is 29.2. The maximum absolute atomic E-state index is 9.73. The van der Waals surface area contributed by atoms with Crippen molar-refractivity contribution in [2.45, 2.75) is 0 Å². The van der Waals surface area contributed by atoms with Crippen LogP contribution >= 0.6 is 22.3 Å². The summed E-state index contributed by atoms with van der Waals surface area (Å²) in [5.41, 5.74) is 0. The highest BCUT2D eigenvalue weighted by atomic mass is 32.1. The Morgan fingerprint density at radius 1 is 1.00 bits per heavy atom. The Balaban J connectivity index is 0. The molecule has 0 aromatic heterocycles. The van der Waals surface area contributed by atoms with E-state index in [2.05, 4.69) is 0 Å². The van der Waals surface area contributed by atoms with Gasteiger partial charge in [-0.3, -0.25) is 0 Å². The van der Waals surface area contributed by atoms with Crippen molar-refractivity contribution >= 4 is 22.3 Å². The third-order valence-corrected chi connectivity index (χ3v) is 0. The average Bonchev–Trinajstić information content (AvgIpc) is 0.811. The molecular formula is H2F3PS. The third kappa shape index (κ3) is 92.9. The minimum Gasteiger partial charge on any atom is -0.197 e. The van der Waals surface area contributed by atoms with Crippen molar-refractivity contribution in [1.29, 1.82) is 0 Å². The number of hydrogen-bond donors (Lipinski definition) is 0. The van der Waals surface area contributed by atoms with Crippen LogP contribution in [-0.2, 0) is 0 Å². The predicted molar refractivity (Wildman–Crippen MR) is 20.6 cm³/mol. The van der Waals surface area contributed by atoms with Crippen molar-refractivity contribution in [3.05, 3.63) is 0 Å². The van der Waals surface area contributed by atoms with Gasteiger partial charge in [-0.15, -0.1) is 0 Å². The van der Waals surface area contributed by atoms with Crippen LogP contribution in [0.3, 0.4) is 0 Å². The highest BCUT2D eigenvalue weighted by molar-refractivity contribution is 7.59. The van der Waals surface area contributed by atoms with E-state index in [0.717, 1.165) is 0 Å². The third-order valence-electron chi connectivity index (χ3n) is 0. The van der Waals surface area contributed by atoms with Crippen molar-refractivity contribution in [3.8, 4) is 0 Å². The van der Waals surface area contributed by atoms with Crippen LogP contribution in [0.1, 0.15) is 0 Å². The largest absolute Gasteiger partial charge is 0.456 e. The summed E-state index contributed by atoms with van der Waals surface area (Å²) in [6.45, 7) is 0. The molecule has 5 heavy (non-hydrogen) atoms. The van der Waals surface area contributed by atoms with Crippen molar-refractivity contribution in [2.75, 3.05) is 0 Å². The maximum Gasteiger partial charge on any atom is 0.456 e. The Morgan fingerprint density at radius 3 is 1.00 bits per heavy atom. The van der Waals surface area contributed by atoms with Gasteiger partial charge in [-0.1, -0.05) is 0 Å². The first-order valence-corrected chi connectivity index (χ1v) is 1.52.